The van der Waals surface area contributed by atoms with E-state index in [9.17, 15) is 21.6 Å². The van der Waals surface area contributed by atoms with Crippen LogP contribution in [-0.2, 0) is 16.3 Å². The first-order valence-corrected chi connectivity index (χ1v) is 7.77. The Kier molecular flexibility index (Phi) is 4.39. The van der Waals surface area contributed by atoms with Crippen LogP contribution in [0, 0.1) is 6.92 Å². The molecular formula is C14H10ClF3O3S. The molecule has 0 bridgehead atoms. The Morgan fingerprint density at radius 3 is 2.32 bits per heavy atom. The van der Waals surface area contributed by atoms with Gasteiger partial charge in [-0.05, 0) is 42.8 Å². The van der Waals surface area contributed by atoms with Crippen LogP contribution < -0.4 is 4.18 Å². The molecule has 22 heavy (non-hydrogen) atoms. The first kappa shape index (κ1) is 16.6. The molecule has 2 aromatic rings. The molecule has 0 atom stereocenters. The number of halogens is 4. The van der Waals surface area contributed by atoms with Crippen LogP contribution in [0.15, 0.2) is 47.4 Å². The number of rotatable bonds is 3. The zero-order valence-corrected chi connectivity index (χ0v) is 12.8. The molecule has 2 rings (SSSR count). The molecule has 3 nitrogen and oxygen atoms in total. The van der Waals surface area contributed by atoms with Gasteiger partial charge in [-0.3, -0.25) is 0 Å². The average molecular weight is 351 g/mol. The average Bonchev–Trinajstić information content (AvgIpc) is 2.42. The highest BCUT2D eigenvalue weighted by atomic mass is 35.5. The molecule has 0 saturated heterocycles. The molecule has 2 aromatic carbocycles. The van der Waals surface area contributed by atoms with E-state index in [1.807, 2.05) is 0 Å². The molecule has 0 aliphatic rings. The molecule has 0 N–H and O–H groups in total. The zero-order valence-electron chi connectivity index (χ0n) is 11.2. The van der Waals surface area contributed by atoms with Gasteiger partial charge in [-0.1, -0.05) is 23.7 Å². The van der Waals surface area contributed by atoms with Gasteiger partial charge in [-0.25, -0.2) is 0 Å². The number of hydrogen-bond donors (Lipinski definition) is 0. The number of aryl methyl sites for hydroxylation is 1. The molecule has 0 heterocycles. The van der Waals surface area contributed by atoms with Gasteiger partial charge in [-0.2, -0.15) is 21.6 Å². The Hall–Kier alpha value is -1.73. The first-order chi connectivity index (χ1) is 10.1. The third kappa shape index (κ3) is 3.53. The van der Waals surface area contributed by atoms with E-state index in [1.54, 1.807) is 6.92 Å². The number of hydrogen-bond acceptors (Lipinski definition) is 3. The minimum atomic E-state index is -4.80. The quantitative estimate of drug-likeness (QED) is 0.769. The number of alkyl halides is 3. The Balaban J connectivity index is 2.45. The van der Waals surface area contributed by atoms with E-state index in [2.05, 4.69) is 0 Å². The van der Waals surface area contributed by atoms with Crippen LogP contribution in [0.4, 0.5) is 13.2 Å². The van der Waals surface area contributed by atoms with Crippen molar-refractivity contribution in [2.45, 2.75) is 18.0 Å². The summed E-state index contributed by atoms with van der Waals surface area (Å²) in [6.07, 6.45) is -4.80. The normalized spacial score (nSPS) is 12.2. The first-order valence-electron chi connectivity index (χ1n) is 5.98. The lowest BCUT2D eigenvalue weighted by molar-refractivity contribution is -0.139. The van der Waals surface area contributed by atoms with Crippen molar-refractivity contribution in [2.24, 2.45) is 0 Å². The highest BCUT2D eigenvalue weighted by Gasteiger charge is 2.37. The lowest BCUT2D eigenvalue weighted by Gasteiger charge is -2.13. The van der Waals surface area contributed by atoms with E-state index in [-0.39, 0.29) is 5.75 Å². The molecule has 118 valence electrons. The van der Waals surface area contributed by atoms with Gasteiger partial charge in [0.25, 0.3) is 0 Å². The summed E-state index contributed by atoms with van der Waals surface area (Å²) in [5, 5.41) is 0.389. The molecule has 0 unspecified atom stereocenters. The molecular weight excluding hydrogens is 341 g/mol. The molecule has 0 amide bonds. The Bertz CT molecular complexity index is 801. The molecule has 0 fully saturated rings. The van der Waals surface area contributed by atoms with Crippen LogP contribution >= 0.6 is 11.6 Å². The van der Waals surface area contributed by atoms with E-state index in [1.165, 1.54) is 24.3 Å². The smallest absolute Gasteiger partial charge is 0.379 e. The van der Waals surface area contributed by atoms with E-state index >= 15 is 0 Å². The molecule has 0 saturated carbocycles. The fourth-order valence-corrected chi connectivity index (χ4v) is 3.02. The molecule has 0 aromatic heterocycles. The fraction of sp³-hybridized carbons (Fsp3) is 0.143. The van der Waals surface area contributed by atoms with E-state index in [0.717, 1.165) is 12.1 Å². The van der Waals surface area contributed by atoms with Crippen LogP contribution in [0.2, 0.25) is 5.02 Å². The van der Waals surface area contributed by atoms with Gasteiger partial charge in [0.15, 0.2) is 0 Å². The van der Waals surface area contributed by atoms with Gasteiger partial charge < -0.3 is 4.18 Å². The van der Waals surface area contributed by atoms with Gasteiger partial charge in [-0.15, -0.1) is 0 Å². The van der Waals surface area contributed by atoms with Crippen molar-refractivity contribution in [3.63, 3.8) is 0 Å². The predicted octanol–water partition coefficient (Wildman–Crippen LogP) is 4.43. The third-order valence-corrected chi connectivity index (χ3v) is 4.53. The van der Waals surface area contributed by atoms with Gasteiger partial charge in [0, 0.05) is 5.02 Å². The van der Waals surface area contributed by atoms with Crippen LogP contribution in [0.3, 0.4) is 0 Å². The molecule has 0 spiro atoms. The van der Waals surface area contributed by atoms with Gasteiger partial charge >= 0.3 is 16.3 Å². The van der Waals surface area contributed by atoms with Crippen molar-refractivity contribution in [1.82, 2.24) is 0 Å². The fourth-order valence-electron chi connectivity index (χ4n) is 1.76. The van der Waals surface area contributed by atoms with E-state index in [4.69, 9.17) is 15.8 Å². The monoisotopic (exact) mass is 350 g/mol. The van der Waals surface area contributed by atoms with Crippen molar-refractivity contribution in [1.29, 1.82) is 0 Å². The molecule has 0 radical (unpaired) electrons. The minimum Gasteiger partial charge on any atom is -0.379 e. The van der Waals surface area contributed by atoms with Crippen LogP contribution in [0.25, 0.3) is 0 Å². The summed E-state index contributed by atoms with van der Waals surface area (Å²) in [4.78, 5) is -0.935. The summed E-state index contributed by atoms with van der Waals surface area (Å²) in [5.74, 6) is -0.112. The Morgan fingerprint density at radius 2 is 1.73 bits per heavy atom. The second-order valence-electron chi connectivity index (χ2n) is 4.44. The highest BCUT2D eigenvalue weighted by Crippen LogP contribution is 2.35. The van der Waals surface area contributed by atoms with Crippen molar-refractivity contribution in [3.05, 3.63) is 58.6 Å². The van der Waals surface area contributed by atoms with Gasteiger partial charge in [0.1, 0.15) is 10.6 Å². The lowest BCUT2D eigenvalue weighted by atomic mass is 10.2. The van der Waals surface area contributed by atoms with Crippen molar-refractivity contribution in [3.8, 4) is 5.75 Å². The third-order valence-electron chi connectivity index (χ3n) is 2.80. The lowest BCUT2D eigenvalue weighted by Crippen LogP contribution is -2.17. The van der Waals surface area contributed by atoms with Gasteiger partial charge in [0.2, 0.25) is 0 Å². The molecule has 0 aliphatic heterocycles. The molecule has 0 aliphatic carbocycles. The van der Waals surface area contributed by atoms with Crippen molar-refractivity contribution in [2.75, 3.05) is 0 Å². The van der Waals surface area contributed by atoms with Gasteiger partial charge in [0.05, 0.1) is 5.56 Å². The standard InChI is InChI=1S/C14H10ClF3O3S/c1-9-8-10(6-7-12(9)15)21-22(19,20)13-5-3-2-4-11(13)14(16,17)18/h2-8H,1H3. The molecule has 8 heteroatoms. The second kappa shape index (κ2) is 5.81. The summed E-state index contributed by atoms with van der Waals surface area (Å²) >= 11 is 5.80. The van der Waals surface area contributed by atoms with E-state index < -0.39 is 26.8 Å². The maximum atomic E-state index is 12.9. The van der Waals surface area contributed by atoms with Crippen molar-refractivity contribution >= 4 is 21.7 Å². The minimum absolute atomic E-state index is 0.112. The highest BCUT2D eigenvalue weighted by molar-refractivity contribution is 7.87. The predicted molar refractivity (Wildman–Crippen MR) is 75.4 cm³/mol. The maximum Gasteiger partial charge on any atom is 0.417 e. The van der Waals surface area contributed by atoms with Crippen LogP contribution in [-0.4, -0.2) is 8.42 Å². The second-order valence-corrected chi connectivity index (χ2v) is 6.36. The zero-order chi connectivity index (χ0) is 16.5. The summed E-state index contributed by atoms with van der Waals surface area (Å²) in [6.45, 7) is 1.62. The topological polar surface area (TPSA) is 43.4 Å². The van der Waals surface area contributed by atoms with Crippen LogP contribution in [0.1, 0.15) is 11.1 Å². The summed E-state index contributed by atoms with van der Waals surface area (Å²) in [6, 6.07) is 7.83. The SMILES string of the molecule is Cc1cc(OS(=O)(=O)c2ccccc2C(F)(F)F)ccc1Cl. The Labute approximate surface area is 130 Å². The summed E-state index contributed by atoms with van der Waals surface area (Å²) in [7, 11) is -4.62. The largest absolute Gasteiger partial charge is 0.417 e. The Morgan fingerprint density at radius 1 is 1.09 bits per heavy atom. The number of benzene rings is 2. The summed E-state index contributed by atoms with van der Waals surface area (Å²) < 4.78 is 67.7. The summed E-state index contributed by atoms with van der Waals surface area (Å²) in [5.41, 5.74) is -0.737. The van der Waals surface area contributed by atoms with E-state index in [0.29, 0.717) is 16.7 Å². The van der Waals surface area contributed by atoms with Crippen molar-refractivity contribution < 1.29 is 25.8 Å². The van der Waals surface area contributed by atoms with Crippen LogP contribution in [0.5, 0.6) is 5.75 Å². The maximum absolute atomic E-state index is 12.9.